The highest BCUT2D eigenvalue weighted by molar-refractivity contribution is 7.09. The summed E-state index contributed by atoms with van der Waals surface area (Å²) in [6.45, 7) is 8.17. The van der Waals surface area contributed by atoms with E-state index in [4.69, 9.17) is 0 Å². The second-order valence-electron chi connectivity index (χ2n) is 7.55. The number of anilines is 1. The fourth-order valence-corrected chi connectivity index (χ4v) is 4.47. The Morgan fingerprint density at radius 3 is 2.55 bits per heavy atom. The lowest BCUT2D eigenvalue weighted by Gasteiger charge is -2.36. The molecule has 0 radical (unpaired) electrons. The molecule has 3 aromatic rings. The summed E-state index contributed by atoms with van der Waals surface area (Å²) < 4.78 is 5.29. The predicted octanol–water partition coefficient (Wildman–Crippen LogP) is 2.00. The van der Waals surface area contributed by atoms with E-state index in [2.05, 4.69) is 39.4 Å². The van der Waals surface area contributed by atoms with E-state index in [0.717, 1.165) is 34.9 Å². The molecular weight excluding hydrogens is 390 g/mol. The first kappa shape index (κ1) is 19.4. The van der Waals surface area contributed by atoms with Crippen LogP contribution in [-0.2, 0) is 0 Å². The van der Waals surface area contributed by atoms with Crippen LogP contribution >= 0.6 is 11.5 Å². The standard InChI is InChI=1S/C20H23N5O3S/c1-12(2)25-18(26)16-15(21-20(25)28)17(29-22-16)19(27)24-9-7-23(8-10-24)14-6-4-5-13(3)11-14/h4-6,11-12H,7-10H2,1-3H3,(H,21,28). The van der Waals surface area contributed by atoms with Gasteiger partial charge >= 0.3 is 5.69 Å². The van der Waals surface area contributed by atoms with Crippen LogP contribution in [0.3, 0.4) is 0 Å². The Morgan fingerprint density at radius 1 is 1.17 bits per heavy atom. The average Bonchev–Trinajstić information content (AvgIpc) is 3.11. The summed E-state index contributed by atoms with van der Waals surface area (Å²) in [5.74, 6) is -0.196. The van der Waals surface area contributed by atoms with Gasteiger partial charge in [0.1, 0.15) is 4.88 Å². The molecule has 1 aliphatic rings. The first-order valence-corrected chi connectivity index (χ1v) is 10.4. The van der Waals surface area contributed by atoms with Crippen molar-refractivity contribution in [2.45, 2.75) is 26.8 Å². The average molecular weight is 414 g/mol. The van der Waals surface area contributed by atoms with Crippen molar-refractivity contribution in [3.8, 4) is 0 Å². The molecule has 1 fully saturated rings. The van der Waals surface area contributed by atoms with Gasteiger partial charge in [-0.3, -0.25) is 14.2 Å². The van der Waals surface area contributed by atoms with Crippen molar-refractivity contribution in [2.75, 3.05) is 31.1 Å². The number of amides is 1. The number of carbonyl (C=O) groups excluding carboxylic acids is 1. The Kier molecular flexibility index (Phi) is 4.99. The smallest absolute Gasteiger partial charge is 0.329 e. The van der Waals surface area contributed by atoms with E-state index >= 15 is 0 Å². The van der Waals surface area contributed by atoms with Crippen LogP contribution in [0.2, 0.25) is 0 Å². The number of fused-ring (bicyclic) bond motifs is 1. The van der Waals surface area contributed by atoms with Gasteiger partial charge in [-0.15, -0.1) is 0 Å². The summed E-state index contributed by atoms with van der Waals surface area (Å²) in [5, 5.41) is 0. The van der Waals surface area contributed by atoms with Crippen molar-refractivity contribution in [1.82, 2.24) is 18.8 Å². The van der Waals surface area contributed by atoms with Crippen LogP contribution in [0.5, 0.6) is 0 Å². The minimum Gasteiger partial charge on any atom is -0.368 e. The molecule has 0 saturated carbocycles. The monoisotopic (exact) mass is 413 g/mol. The number of nitrogens with zero attached hydrogens (tertiary/aromatic N) is 4. The highest BCUT2D eigenvalue weighted by atomic mass is 32.1. The lowest BCUT2D eigenvalue weighted by atomic mass is 10.2. The highest BCUT2D eigenvalue weighted by Crippen LogP contribution is 2.22. The number of hydrogen-bond acceptors (Lipinski definition) is 6. The second-order valence-corrected chi connectivity index (χ2v) is 8.33. The zero-order chi connectivity index (χ0) is 20.7. The molecule has 1 aromatic carbocycles. The molecule has 0 spiro atoms. The van der Waals surface area contributed by atoms with Crippen molar-refractivity contribution in [1.29, 1.82) is 0 Å². The summed E-state index contributed by atoms with van der Waals surface area (Å²) in [7, 11) is 0. The summed E-state index contributed by atoms with van der Waals surface area (Å²) in [6, 6.07) is 8.02. The largest absolute Gasteiger partial charge is 0.368 e. The highest BCUT2D eigenvalue weighted by Gasteiger charge is 2.27. The van der Waals surface area contributed by atoms with Crippen LogP contribution in [0.1, 0.15) is 35.1 Å². The molecule has 1 amide bonds. The van der Waals surface area contributed by atoms with Crippen molar-refractivity contribution in [3.05, 3.63) is 55.5 Å². The number of hydrogen-bond donors (Lipinski definition) is 1. The fraction of sp³-hybridized carbons (Fsp3) is 0.400. The normalized spacial score (nSPS) is 14.8. The van der Waals surface area contributed by atoms with Crippen LogP contribution < -0.4 is 16.1 Å². The molecular formula is C20H23N5O3S. The Hall–Kier alpha value is -2.94. The molecule has 0 bridgehead atoms. The van der Waals surface area contributed by atoms with Gasteiger partial charge in [-0.05, 0) is 50.0 Å². The van der Waals surface area contributed by atoms with Crippen LogP contribution in [0.25, 0.3) is 11.0 Å². The predicted molar refractivity (Wildman–Crippen MR) is 114 cm³/mol. The Bertz CT molecular complexity index is 1180. The van der Waals surface area contributed by atoms with Gasteiger partial charge in [0.15, 0.2) is 5.52 Å². The van der Waals surface area contributed by atoms with Gasteiger partial charge in [-0.1, -0.05) is 12.1 Å². The van der Waals surface area contributed by atoms with Crippen molar-refractivity contribution in [3.63, 3.8) is 0 Å². The summed E-state index contributed by atoms with van der Waals surface area (Å²) in [6.07, 6.45) is 0. The number of aryl methyl sites for hydroxylation is 1. The number of carbonyl (C=O) groups is 1. The Morgan fingerprint density at radius 2 is 1.90 bits per heavy atom. The molecule has 0 atom stereocenters. The molecule has 1 saturated heterocycles. The van der Waals surface area contributed by atoms with E-state index < -0.39 is 11.2 Å². The SMILES string of the molecule is Cc1cccc(N2CCN(C(=O)c3snc4c(=O)n(C(C)C)c(=O)[nH]c34)CC2)c1. The Labute approximate surface area is 171 Å². The zero-order valence-electron chi connectivity index (χ0n) is 16.6. The first-order chi connectivity index (χ1) is 13.9. The minimum atomic E-state index is -0.518. The lowest BCUT2D eigenvalue weighted by molar-refractivity contribution is 0.0753. The van der Waals surface area contributed by atoms with Gasteiger partial charge in [0.05, 0.1) is 5.52 Å². The van der Waals surface area contributed by atoms with E-state index in [1.54, 1.807) is 18.7 Å². The molecule has 152 valence electrons. The fourth-order valence-electron chi connectivity index (χ4n) is 3.68. The maximum atomic E-state index is 13.1. The lowest BCUT2D eigenvalue weighted by Crippen LogP contribution is -2.48. The number of nitrogens with one attached hydrogen (secondary N) is 1. The molecule has 29 heavy (non-hydrogen) atoms. The van der Waals surface area contributed by atoms with Gasteiger partial charge in [0.2, 0.25) is 0 Å². The minimum absolute atomic E-state index is 0.144. The van der Waals surface area contributed by atoms with E-state index in [1.165, 1.54) is 5.56 Å². The second kappa shape index (κ2) is 7.47. The third kappa shape index (κ3) is 3.46. The molecule has 4 rings (SSSR count). The molecule has 8 nitrogen and oxygen atoms in total. The maximum Gasteiger partial charge on any atom is 0.329 e. The van der Waals surface area contributed by atoms with Crippen molar-refractivity contribution < 1.29 is 4.79 Å². The van der Waals surface area contributed by atoms with Crippen LogP contribution in [0.15, 0.2) is 33.9 Å². The van der Waals surface area contributed by atoms with E-state index in [1.807, 2.05) is 6.07 Å². The van der Waals surface area contributed by atoms with Crippen LogP contribution in [-0.4, -0.2) is 50.9 Å². The maximum absolute atomic E-state index is 13.1. The molecule has 0 aliphatic carbocycles. The number of rotatable bonds is 3. The number of H-pyrrole nitrogens is 1. The number of piperazine rings is 1. The number of benzene rings is 1. The topological polar surface area (TPSA) is 91.3 Å². The van der Waals surface area contributed by atoms with E-state index in [-0.39, 0.29) is 23.0 Å². The molecule has 9 heteroatoms. The van der Waals surface area contributed by atoms with Gasteiger partial charge in [-0.2, -0.15) is 4.37 Å². The number of aromatic nitrogens is 3. The van der Waals surface area contributed by atoms with Gasteiger partial charge in [0, 0.05) is 37.9 Å². The van der Waals surface area contributed by atoms with E-state index in [0.29, 0.717) is 18.0 Å². The first-order valence-electron chi connectivity index (χ1n) is 9.62. The Balaban J connectivity index is 1.57. The molecule has 0 unspecified atom stereocenters. The molecule has 3 heterocycles. The van der Waals surface area contributed by atoms with Gasteiger partial charge in [0.25, 0.3) is 11.5 Å². The summed E-state index contributed by atoms with van der Waals surface area (Å²) >= 11 is 0.969. The summed E-state index contributed by atoms with van der Waals surface area (Å²) in [4.78, 5) is 45.0. The molecule has 1 N–H and O–H groups in total. The van der Waals surface area contributed by atoms with Crippen molar-refractivity contribution in [2.24, 2.45) is 0 Å². The van der Waals surface area contributed by atoms with Gasteiger partial charge < -0.3 is 14.8 Å². The third-order valence-electron chi connectivity index (χ3n) is 5.21. The van der Waals surface area contributed by atoms with Gasteiger partial charge in [-0.25, -0.2) is 4.79 Å². The van der Waals surface area contributed by atoms with E-state index in [9.17, 15) is 14.4 Å². The van der Waals surface area contributed by atoms with Crippen LogP contribution in [0, 0.1) is 6.92 Å². The quantitative estimate of drug-likeness (QED) is 0.709. The summed E-state index contributed by atoms with van der Waals surface area (Å²) in [5.41, 5.74) is 1.76. The van der Waals surface area contributed by atoms with Crippen molar-refractivity contribution >= 4 is 34.2 Å². The zero-order valence-corrected chi connectivity index (χ0v) is 17.5. The molecule has 1 aliphatic heterocycles. The number of aromatic amines is 1. The van der Waals surface area contributed by atoms with Crippen LogP contribution in [0.4, 0.5) is 5.69 Å². The third-order valence-corrected chi connectivity index (χ3v) is 6.04. The molecule has 2 aromatic heterocycles.